The number of rotatable bonds is 5. The van der Waals surface area contributed by atoms with E-state index in [2.05, 4.69) is 0 Å². The highest BCUT2D eigenvalue weighted by molar-refractivity contribution is 5.79. The van der Waals surface area contributed by atoms with Crippen molar-refractivity contribution in [2.45, 2.75) is 18.7 Å². The number of nitrogens with zero attached hydrogens (tertiary/aromatic N) is 1. The van der Waals surface area contributed by atoms with Crippen LogP contribution in [0.15, 0.2) is 24.3 Å². The molecule has 110 valence electrons. The molecule has 0 aliphatic heterocycles. The quantitative estimate of drug-likeness (QED) is 0.629. The molecule has 6 nitrogen and oxygen atoms in total. The Labute approximate surface area is 111 Å². The number of amides is 1. The Hall–Kier alpha value is -2.16. The van der Waals surface area contributed by atoms with E-state index in [1.54, 1.807) is 0 Å². The summed E-state index contributed by atoms with van der Waals surface area (Å²) in [6.45, 7) is -0.997. The van der Waals surface area contributed by atoms with Crippen LogP contribution in [0.3, 0.4) is 0 Å². The van der Waals surface area contributed by atoms with Gasteiger partial charge in [-0.1, -0.05) is 18.2 Å². The van der Waals surface area contributed by atoms with E-state index in [1.165, 1.54) is 24.3 Å². The Morgan fingerprint density at radius 1 is 1.40 bits per heavy atom. The fourth-order valence-electron chi connectivity index (χ4n) is 1.40. The zero-order valence-corrected chi connectivity index (χ0v) is 10.1. The molecule has 9 heteroatoms. The summed E-state index contributed by atoms with van der Waals surface area (Å²) < 4.78 is 36.0. The molecule has 1 amide bonds. The number of para-hydroxylation sites is 1. The van der Waals surface area contributed by atoms with Crippen molar-refractivity contribution in [3.8, 4) is 0 Å². The van der Waals surface area contributed by atoms with Crippen molar-refractivity contribution in [1.82, 2.24) is 5.32 Å². The molecular weight excluding hydrogens is 281 g/mol. The Balaban J connectivity index is 2.62. The highest BCUT2D eigenvalue weighted by Crippen LogP contribution is 2.20. The molecule has 0 spiro atoms. The third kappa shape index (κ3) is 4.50. The van der Waals surface area contributed by atoms with Gasteiger partial charge in [0.1, 0.15) is 0 Å². The first-order valence-corrected chi connectivity index (χ1v) is 5.45. The SMILES string of the molecule is O=C(Cc1ccccc1[N+](=O)[O-])NCC(O)C(F)(F)F. The summed E-state index contributed by atoms with van der Waals surface area (Å²) in [7, 11) is 0. The second-order valence-electron chi connectivity index (χ2n) is 3.92. The highest BCUT2D eigenvalue weighted by Gasteiger charge is 2.38. The van der Waals surface area contributed by atoms with Crippen LogP contribution >= 0.6 is 0 Å². The maximum atomic E-state index is 12.0. The summed E-state index contributed by atoms with van der Waals surface area (Å²) in [5, 5.41) is 21.3. The first kappa shape index (κ1) is 15.9. The number of alkyl halides is 3. The van der Waals surface area contributed by atoms with E-state index < -0.39 is 36.1 Å². The number of halogens is 3. The lowest BCUT2D eigenvalue weighted by Crippen LogP contribution is -2.41. The van der Waals surface area contributed by atoms with Crippen LogP contribution in [0.4, 0.5) is 18.9 Å². The van der Waals surface area contributed by atoms with Crippen molar-refractivity contribution in [1.29, 1.82) is 0 Å². The molecule has 2 N–H and O–H groups in total. The highest BCUT2D eigenvalue weighted by atomic mass is 19.4. The minimum absolute atomic E-state index is 0.0801. The summed E-state index contributed by atoms with van der Waals surface area (Å²) in [6, 6.07) is 5.40. The molecule has 0 radical (unpaired) electrons. The van der Waals surface area contributed by atoms with Crippen LogP contribution in [0.25, 0.3) is 0 Å². The molecule has 1 rings (SSSR count). The summed E-state index contributed by atoms with van der Waals surface area (Å²) in [5.41, 5.74) is -0.212. The number of hydrogen-bond donors (Lipinski definition) is 2. The molecule has 20 heavy (non-hydrogen) atoms. The van der Waals surface area contributed by atoms with Gasteiger partial charge in [-0.2, -0.15) is 13.2 Å². The van der Waals surface area contributed by atoms with Crippen LogP contribution in [0.5, 0.6) is 0 Å². The minimum atomic E-state index is -4.83. The van der Waals surface area contributed by atoms with Gasteiger partial charge in [-0.05, 0) is 0 Å². The molecular formula is C11H11F3N2O4. The van der Waals surface area contributed by atoms with Crippen molar-refractivity contribution >= 4 is 11.6 Å². The lowest BCUT2D eigenvalue weighted by Gasteiger charge is -2.14. The number of benzene rings is 1. The average Bonchev–Trinajstić information content (AvgIpc) is 2.35. The normalized spacial score (nSPS) is 12.8. The van der Waals surface area contributed by atoms with Gasteiger partial charge < -0.3 is 10.4 Å². The Morgan fingerprint density at radius 3 is 2.55 bits per heavy atom. The van der Waals surface area contributed by atoms with Crippen LogP contribution in [0.1, 0.15) is 5.56 Å². The van der Waals surface area contributed by atoms with Crippen molar-refractivity contribution in [2.75, 3.05) is 6.54 Å². The standard InChI is InChI=1S/C11H11F3N2O4/c12-11(13,14)9(17)6-15-10(18)5-7-3-1-2-4-8(7)16(19)20/h1-4,9,17H,5-6H2,(H,15,18). The molecule has 1 unspecified atom stereocenters. The summed E-state index contributed by atoms with van der Waals surface area (Å²) in [6.07, 6.45) is -7.94. The van der Waals surface area contributed by atoms with Crippen molar-refractivity contribution in [3.63, 3.8) is 0 Å². The predicted octanol–water partition coefficient (Wildman–Crippen LogP) is 1.18. The molecule has 0 aliphatic carbocycles. The summed E-state index contributed by atoms with van der Waals surface area (Å²) in [4.78, 5) is 21.4. The number of carbonyl (C=O) groups excluding carboxylic acids is 1. The first-order chi connectivity index (χ1) is 9.21. The number of aliphatic hydroxyl groups excluding tert-OH is 1. The van der Waals surface area contributed by atoms with E-state index in [9.17, 15) is 28.1 Å². The fraction of sp³-hybridized carbons (Fsp3) is 0.364. The fourth-order valence-corrected chi connectivity index (χ4v) is 1.40. The van der Waals surface area contributed by atoms with Gasteiger partial charge in [-0.15, -0.1) is 0 Å². The number of nitrogens with one attached hydrogen (secondary N) is 1. The van der Waals surface area contributed by atoms with E-state index >= 15 is 0 Å². The Bertz CT molecular complexity index is 505. The maximum absolute atomic E-state index is 12.0. The second-order valence-corrected chi connectivity index (χ2v) is 3.92. The smallest absolute Gasteiger partial charge is 0.382 e. The number of aliphatic hydroxyl groups is 1. The van der Waals surface area contributed by atoms with Gasteiger partial charge in [0.2, 0.25) is 5.91 Å². The van der Waals surface area contributed by atoms with E-state index in [-0.39, 0.29) is 11.3 Å². The van der Waals surface area contributed by atoms with Crippen molar-refractivity contribution in [2.24, 2.45) is 0 Å². The molecule has 0 fully saturated rings. The third-order valence-corrected chi connectivity index (χ3v) is 2.41. The largest absolute Gasteiger partial charge is 0.416 e. The molecule has 0 bridgehead atoms. The predicted molar refractivity (Wildman–Crippen MR) is 61.9 cm³/mol. The van der Waals surface area contributed by atoms with Gasteiger partial charge >= 0.3 is 6.18 Å². The molecule has 1 atom stereocenters. The molecule has 1 aromatic carbocycles. The van der Waals surface area contributed by atoms with Crippen LogP contribution in [-0.2, 0) is 11.2 Å². The van der Waals surface area contributed by atoms with Crippen LogP contribution in [-0.4, -0.2) is 34.8 Å². The van der Waals surface area contributed by atoms with E-state index in [1.807, 2.05) is 5.32 Å². The van der Waals surface area contributed by atoms with Crippen molar-refractivity contribution < 1.29 is 28.0 Å². The van der Waals surface area contributed by atoms with Gasteiger partial charge in [-0.25, -0.2) is 0 Å². The number of nitro groups is 1. The van der Waals surface area contributed by atoms with E-state index in [0.29, 0.717) is 0 Å². The molecule has 0 heterocycles. The van der Waals surface area contributed by atoms with Crippen LogP contribution < -0.4 is 5.32 Å². The summed E-state index contributed by atoms with van der Waals surface area (Å²) >= 11 is 0. The van der Waals surface area contributed by atoms with Gasteiger partial charge in [0.15, 0.2) is 6.10 Å². The molecule has 0 aliphatic rings. The van der Waals surface area contributed by atoms with Crippen LogP contribution in [0, 0.1) is 10.1 Å². The second kappa shape index (κ2) is 6.33. The van der Waals surface area contributed by atoms with Gasteiger partial charge in [-0.3, -0.25) is 14.9 Å². The molecule has 0 saturated carbocycles. The van der Waals surface area contributed by atoms with E-state index in [4.69, 9.17) is 5.11 Å². The Morgan fingerprint density at radius 2 is 2.00 bits per heavy atom. The molecule has 1 aromatic rings. The van der Waals surface area contributed by atoms with Crippen LogP contribution in [0.2, 0.25) is 0 Å². The minimum Gasteiger partial charge on any atom is -0.382 e. The average molecular weight is 292 g/mol. The monoisotopic (exact) mass is 292 g/mol. The number of hydrogen-bond acceptors (Lipinski definition) is 4. The molecule has 0 saturated heterocycles. The summed E-state index contributed by atoms with van der Waals surface area (Å²) in [5.74, 6) is -0.845. The Kier molecular flexibility index (Phi) is 5.03. The topological polar surface area (TPSA) is 92.5 Å². The van der Waals surface area contributed by atoms with Gasteiger partial charge in [0.25, 0.3) is 5.69 Å². The maximum Gasteiger partial charge on any atom is 0.416 e. The van der Waals surface area contributed by atoms with Gasteiger partial charge in [0, 0.05) is 11.6 Å². The van der Waals surface area contributed by atoms with Gasteiger partial charge in [0.05, 0.1) is 17.9 Å². The zero-order chi connectivity index (χ0) is 15.3. The number of nitro benzene ring substituents is 1. The molecule has 0 aromatic heterocycles. The van der Waals surface area contributed by atoms with Crippen molar-refractivity contribution in [3.05, 3.63) is 39.9 Å². The zero-order valence-electron chi connectivity index (χ0n) is 10.1. The third-order valence-electron chi connectivity index (χ3n) is 2.41. The number of carbonyl (C=O) groups is 1. The van der Waals surface area contributed by atoms with E-state index in [0.717, 1.165) is 0 Å². The lowest BCUT2D eigenvalue weighted by molar-refractivity contribution is -0.385. The first-order valence-electron chi connectivity index (χ1n) is 5.45. The lowest BCUT2D eigenvalue weighted by atomic mass is 10.1.